The standard InChI is InChI=1S/C11H10Cl2N2OS/c1-6-3-8(12)4-7(2)10(6)16-5-9-11(13)17-15-14-9/h3-4H,5H2,1-2H3. The summed E-state index contributed by atoms with van der Waals surface area (Å²) in [5.74, 6) is 0.818. The summed E-state index contributed by atoms with van der Waals surface area (Å²) < 4.78 is 10.0. The van der Waals surface area contributed by atoms with Crippen molar-refractivity contribution in [2.45, 2.75) is 20.5 Å². The fraction of sp³-hybridized carbons (Fsp3) is 0.273. The van der Waals surface area contributed by atoms with Gasteiger partial charge in [-0.15, -0.1) is 5.10 Å². The summed E-state index contributed by atoms with van der Waals surface area (Å²) in [7, 11) is 0. The minimum atomic E-state index is 0.318. The van der Waals surface area contributed by atoms with Crippen LogP contribution in [0.4, 0.5) is 0 Å². The number of nitrogens with zero attached hydrogens (tertiary/aromatic N) is 2. The number of hydrogen-bond acceptors (Lipinski definition) is 4. The molecule has 2 rings (SSSR count). The second-order valence-corrected chi connectivity index (χ2v) is 5.44. The van der Waals surface area contributed by atoms with Crippen molar-refractivity contribution in [3.8, 4) is 5.75 Å². The summed E-state index contributed by atoms with van der Waals surface area (Å²) in [4.78, 5) is 0. The molecule has 90 valence electrons. The van der Waals surface area contributed by atoms with Crippen LogP contribution < -0.4 is 4.74 Å². The third-order valence-electron chi connectivity index (χ3n) is 2.29. The van der Waals surface area contributed by atoms with Crippen LogP contribution in [-0.4, -0.2) is 9.59 Å². The Labute approximate surface area is 113 Å². The maximum absolute atomic E-state index is 5.95. The van der Waals surface area contributed by atoms with E-state index >= 15 is 0 Å². The van der Waals surface area contributed by atoms with Gasteiger partial charge in [0.15, 0.2) is 0 Å². The number of benzene rings is 1. The molecule has 0 saturated heterocycles. The Hall–Kier alpha value is -0.840. The molecule has 0 saturated carbocycles. The van der Waals surface area contributed by atoms with Gasteiger partial charge >= 0.3 is 0 Å². The minimum Gasteiger partial charge on any atom is -0.487 e. The molecular weight excluding hydrogens is 279 g/mol. The van der Waals surface area contributed by atoms with Crippen molar-refractivity contribution in [3.05, 3.63) is 38.3 Å². The smallest absolute Gasteiger partial charge is 0.141 e. The highest BCUT2D eigenvalue weighted by Gasteiger charge is 2.09. The first-order valence-electron chi connectivity index (χ1n) is 4.94. The van der Waals surface area contributed by atoms with Gasteiger partial charge in [-0.05, 0) is 37.1 Å². The lowest BCUT2D eigenvalue weighted by Gasteiger charge is -2.11. The van der Waals surface area contributed by atoms with E-state index in [0.717, 1.165) is 28.4 Å². The number of halogens is 2. The molecule has 3 nitrogen and oxygen atoms in total. The Bertz CT molecular complexity index is 519. The van der Waals surface area contributed by atoms with Crippen LogP contribution in [0.25, 0.3) is 0 Å². The van der Waals surface area contributed by atoms with Crippen molar-refractivity contribution in [1.82, 2.24) is 9.59 Å². The molecule has 0 bridgehead atoms. The van der Waals surface area contributed by atoms with Gasteiger partial charge in [0.25, 0.3) is 0 Å². The zero-order valence-electron chi connectivity index (χ0n) is 9.33. The molecule has 6 heteroatoms. The highest BCUT2D eigenvalue weighted by atomic mass is 35.5. The van der Waals surface area contributed by atoms with Crippen LogP contribution in [0, 0.1) is 13.8 Å². The second-order valence-electron chi connectivity index (χ2n) is 3.65. The Morgan fingerprint density at radius 3 is 2.41 bits per heavy atom. The average Bonchev–Trinajstić information content (AvgIpc) is 2.62. The predicted molar refractivity (Wildman–Crippen MR) is 70.2 cm³/mol. The normalized spacial score (nSPS) is 10.6. The van der Waals surface area contributed by atoms with E-state index in [1.165, 1.54) is 0 Å². The minimum absolute atomic E-state index is 0.318. The van der Waals surface area contributed by atoms with E-state index in [1.54, 1.807) is 0 Å². The topological polar surface area (TPSA) is 35.0 Å². The Kier molecular flexibility index (Phi) is 3.86. The first-order chi connectivity index (χ1) is 8.08. The second kappa shape index (κ2) is 5.21. The van der Waals surface area contributed by atoms with E-state index in [9.17, 15) is 0 Å². The molecule has 0 aliphatic carbocycles. The number of aromatic nitrogens is 2. The van der Waals surface area contributed by atoms with Crippen LogP contribution in [0.3, 0.4) is 0 Å². The monoisotopic (exact) mass is 288 g/mol. The van der Waals surface area contributed by atoms with Crippen molar-refractivity contribution in [3.63, 3.8) is 0 Å². The van der Waals surface area contributed by atoms with Crippen LogP contribution in [0.5, 0.6) is 5.75 Å². The Morgan fingerprint density at radius 2 is 1.88 bits per heavy atom. The highest BCUT2D eigenvalue weighted by molar-refractivity contribution is 7.10. The summed E-state index contributed by atoms with van der Waals surface area (Å²) in [6, 6.07) is 3.73. The maximum atomic E-state index is 5.95. The van der Waals surface area contributed by atoms with Gasteiger partial charge in [-0.1, -0.05) is 27.7 Å². The van der Waals surface area contributed by atoms with Crippen LogP contribution >= 0.6 is 34.7 Å². The van der Waals surface area contributed by atoms with E-state index < -0.39 is 0 Å². The molecule has 0 N–H and O–H groups in total. The first-order valence-corrected chi connectivity index (χ1v) is 6.47. The van der Waals surface area contributed by atoms with Gasteiger partial charge in [0, 0.05) is 16.6 Å². The fourth-order valence-electron chi connectivity index (χ4n) is 1.55. The molecule has 0 atom stereocenters. The lowest BCUT2D eigenvalue weighted by molar-refractivity contribution is 0.297. The van der Waals surface area contributed by atoms with Gasteiger partial charge in [-0.2, -0.15) is 0 Å². The largest absolute Gasteiger partial charge is 0.487 e. The van der Waals surface area contributed by atoms with Gasteiger partial charge < -0.3 is 4.74 Å². The van der Waals surface area contributed by atoms with E-state index in [2.05, 4.69) is 9.59 Å². The van der Waals surface area contributed by atoms with Crippen molar-refractivity contribution >= 4 is 34.7 Å². The van der Waals surface area contributed by atoms with E-state index in [-0.39, 0.29) is 0 Å². The van der Waals surface area contributed by atoms with E-state index in [0.29, 0.717) is 21.7 Å². The Morgan fingerprint density at radius 1 is 1.24 bits per heavy atom. The van der Waals surface area contributed by atoms with Gasteiger partial charge in [0.1, 0.15) is 22.4 Å². The molecule has 1 aromatic heterocycles. The molecule has 0 aliphatic heterocycles. The van der Waals surface area contributed by atoms with Crippen molar-refractivity contribution < 1.29 is 4.74 Å². The van der Waals surface area contributed by atoms with Gasteiger partial charge in [0.2, 0.25) is 0 Å². The predicted octanol–water partition coefficient (Wildman–Crippen LogP) is 4.04. The summed E-state index contributed by atoms with van der Waals surface area (Å²) in [6.07, 6.45) is 0. The van der Waals surface area contributed by atoms with Crippen molar-refractivity contribution in [2.75, 3.05) is 0 Å². The zero-order chi connectivity index (χ0) is 12.4. The number of rotatable bonds is 3. The average molecular weight is 289 g/mol. The molecule has 2 aromatic rings. The molecule has 0 aliphatic rings. The summed E-state index contributed by atoms with van der Waals surface area (Å²) in [6.45, 7) is 4.23. The van der Waals surface area contributed by atoms with Gasteiger partial charge in [-0.25, -0.2) is 0 Å². The molecule has 0 fully saturated rings. The van der Waals surface area contributed by atoms with Crippen molar-refractivity contribution in [1.29, 1.82) is 0 Å². The van der Waals surface area contributed by atoms with Crippen LogP contribution in [0.15, 0.2) is 12.1 Å². The summed E-state index contributed by atoms with van der Waals surface area (Å²) in [5.41, 5.74) is 2.65. The zero-order valence-corrected chi connectivity index (χ0v) is 11.7. The van der Waals surface area contributed by atoms with E-state index in [4.69, 9.17) is 27.9 Å². The maximum Gasteiger partial charge on any atom is 0.141 e. The van der Waals surface area contributed by atoms with Crippen LogP contribution in [0.2, 0.25) is 9.36 Å². The number of ether oxygens (including phenoxy) is 1. The third kappa shape index (κ3) is 2.89. The lowest BCUT2D eigenvalue weighted by atomic mass is 10.1. The van der Waals surface area contributed by atoms with Crippen LogP contribution in [0.1, 0.15) is 16.8 Å². The van der Waals surface area contributed by atoms with Gasteiger partial charge in [0.05, 0.1) is 0 Å². The molecule has 0 unspecified atom stereocenters. The molecule has 1 aromatic carbocycles. The fourth-order valence-corrected chi connectivity index (χ4v) is 2.48. The molecular formula is C11H10Cl2N2OS. The molecule has 1 heterocycles. The van der Waals surface area contributed by atoms with Gasteiger partial charge in [-0.3, -0.25) is 0 Å². The van der Waals surface area contributed by atoms with Crippen LogP contribution in [-0.2, 0) is 6.61 Å². The summed E-state index contributed by atoms with van der Waals surface area (Å²) in [5, 5.41) is 4.60. The van der Waals surface area contributed by atoms with E-state index in [1.807, 2.05) is 26.0 Å². The third-order valence-corrected chi connectivity index (χ3v) is 3.49. The molecule has 17 heavy (non-hydrogen) atoms. The number of hydrogen-bond donors (Lipinski definition) is 0. The lowest BCUT2D eigenvalue weighted by Crippen LogP contribution is -2.00. The van der Waals surface area contributed by atoms with Crippen molar-refractivity contribution in [2.24, 2.45) is 0 Å². The first kappa shape index (κ1) is 12.6. The Balaban J connectivity index is 2.17. The number of aryl methyl sites for hydroxylation is 2. The molecule has 0 spiro atoms. The quantitative estimate of drug-likeness (QED) is 0.855. The highest BCUT2D eigenvalue weighted by Crippen LogP contribution is 2.28. The summed E-state index contributed by atoms with van der Waals surface area (Å²) >= 11 is 13.0. The SMILES string of the molecule is Cc1cc(Cl)cc(C)c1OCc1nnsc1Cl. The molecule has 0 amide bonds. The molecule has 0 radical (unpaired) electrons.